The molecule has 2 aromatic rings. The van der Waals surface area contributed by atoms with E-state index in [1.165, 1.54) is 25.4 Å². The highest BCUT2D eigenvalue weighted by molar-refractivity contribution is 6.13. The van der Waals surface area contributed by atoms with Crippen LogP contribution in [0.5, 0.6) is 5.75 Å². The van der Waals surface area contributed by atoms with Crippen molar-refractivity contribution in [2.45, 2.75) is 0 Å². The maximum absolute atomic E-state index is 11.0. The lowest BCUT2D eigenvalue weighted by Crippen LogP contribution is -2.09. The Morgan fingerprint density at radius 2 is 2.05 bits per heavy atom. The Bertz CT molecular complexity index is 668. The van der Waals surface area contributed by atoms with Crippen molar-refractivity contribution < 1.29 is 19.8 Å². The van der Waals surface area contributed by atoms with Gasteiger partial charge < -0.3 is 15.1 Å². The van der Waals surface area contributed by atoms with Crippen molar-refractivity contribution in [2.24, 2.45) is 5.16 Å². The van der Waals surface area contributed by atoms with Crippen molar-refractivity contribution in [3.8, 4) is 5.75 Å². The van der Waals surface area contributed by atoms with Crippen LogP contribution in [0.3, 0.4) is 0 Å². The van der Waals surface area contributed by atoms with Crippen LogP contribution in [0.4, 0.5) is 0 Å². The van der Waals surface area contributed by atoms with Gasteiger partial charge >= 0.3 is 5.97 Å². The zero-order valence-corrected chi connectivity index (χ0v) is 10.6. The molecule has 0 bridgehead atoms. The minimum absolute atomic E-state index is 0.0612. The molecule has 0 aliphatic heterocycles. The lowest BCUT2D eigenvalue weighted by Gasteiger charge is -2.09. The molecule has 6 nitrogen and oxygen atoms in total. The fraction of sp³-hybridized carbons (Fsp3) is 0.0714. The van der Waals surface area contributed by atoms with Crippen LogP contribution in [0, 0.1) is 0 Å². The normalized spacial score (nSPS) is 11.2. The molecule has 0 spiro atoms. The molecule has 1 aromatic heterocycles. The van der Waals surface area contributed by atoms with E-state index in [2.05, 4.69) is 10.1 Å². The summed E-state index contributed by atoms with van der Waals surface area (Å²) in [6.45, 7) is 0. The van der Waals surface area contributed by atoms with E-state index in [0.717, 1.165) is 0 Å². The number of carbonyl (C=O) groups is 1. The first kappa shape index (κ1) is 13.5. The molecule has 20 heavy (non-hydrogen) atoms. The van der Waals surface area contributed by atoms with Gasteiger partial charge in [0.2, 0.25) is 0 Å². The maximum atomic E-state index is 11.0. The quantitative estimate of drug-likeness (QED) is 0.504. The molecule has 0 saturated heterocycles. The molecule has 0 unspecified atom stereocenters. The molecule has 0 aliphatic carbocycles. The molecule has 102 valence electrons. The Morgan fingerprint density at radius 1 is 1.30 bits per heavy atom. The molecular formula is C14H12N2O4. The van der Waals surface area contributed by atoms with E-state index in [4.69, 9.17) is 9.84 Å². The third-order valence-corrected chi connectivity index (χ3v) is 2.71. The summed E-state index contributed by atoms with van der Waals surface area (Å²) in [6.07, 6.45) is 1.35. The van der Waals surface area contributed by atoms with E-state index >= 15 is 0 Å². The van der Waals surface area contributed by atoms with Gasteiger partial charge in [-0.3, -0.25) is 4.98 Å². The number of oxime groups is 1. The number of pyridine rings is 1. The molecule has 0 fully saturated rings. The van der Waals surface area contributed by atoms with Crippen molar-refractivity contribution in [2.75, 3.05) is 7.11 Å². The van der Waals surface area contributed by atoms with Crippen LogP contribution in [0.1, 0.15) is 21.6 Å². The van der Waals surface area contributed by atoms with Gasteiger partial charge in [-0.05, 0) is 24.3 Å². The third kappa shape index (κ3) is 2.59. The first-order chi connectivity index (χ1) is 9.67. The van der Waals surface area contributed by atoms with Gasteiger partial charge in [0.05, 0.1) is 18.4 Å². The Hall–Kier alpha value is -2.89. The number of nitrogens with zero attached hydrogens (tertiary/aromatic N) is 2. The van der Waals surface area contributed by atoms with E-state index < -0.39 is 5.97 Å². The van der Waals surface area contributed by atoms with Crippen molar-refractivity contribution in [1.82, 2.24) is 4.98 Å². The van der Waals surface area contributed by atoms with E-state index in [1.54, 1.807) is 24.3 Å². The highest BCUT2D eigenvalue weighted by Crippen LogP contribution is 2.21. The summed E-state index contributed by atoms with van der Waals surface area (Å²) in [6, 6.07) is 9.64. The summed E-state index contributed by atoms with van der Waals surface area (Å²) >= 11 is 0. The van der Waals surface area contributed by atoms with Gasteiger partial charge in [-0.2, -0.15) is 0 Å². The molecule has 0 amide bonds. The Balaban J connectivity index is 2.53. The van der Waals surface area contributed by atoms with Crippen molar-refractivity contribution in [3.05, 3.63) is 59.4 Å². The van der Waals surface area contributed by atoms with E-state index in [1.807, 2.05) is 0 Å². The maximum Gasteiger partial charge on any atom is 0.335 e. The van der Waals surface area contributed by atoms with Crippen molar-refractivity contribution in [3.63, 3.8) is 0 Å². The zero-order valence-electron chi connectivity index (χ0n) is 10.6. The van der Waals surface area contributed by atoms with Gasteiger partial charge in [0.15, 0.2) is 0 Å². The topological polar surface area (TPSA) is 92.0 Å². The smallest absolute Gasteiger partial charge is 0.335 e. The van der Waals surface area contributed by atoms with Gasteiger partial charge in [0, 0.05) is 11.8 Å². The summed E-state index contributed by atoms with van der Waals surface area (Å²) in [5.74, 6) is -0.575. The van der Waals surface area contributed by atoms with E-state index in [0.29, 0.717) is 11.3 Å². The molecule has 1 heterocycles. The summed E-state index contributed by atoms with van der Waals surface area (Å²) in [4.78, 5) is 15.0. The lowest BCUT2D eigenvalue weighted by atomic mass is 10.0. The number of hydrogen-bond acceptors (Lipinski definition) is 5. The molecule has 0 saturated carbocycles. The molecule has 0 radical (unpaired) electrons. The molecular weight excluding hydrogens is 260 g/mol. The summed E-state index contributed by atoms with van der Waals surface area (Å²) in [5, 5.41) is 21.4. The molecule has 1 aromatic carbocycles. The minimum atomic E-state index is -1.08. The number of benzene rings is 1. The van der Waals surface area contributed by atoms with Gasteiger partial charge in [-0.25, -0.2) is 4.79 Å². The second kappa shape index (κ2) is 5.83. The van der Waals surface area contributed by atoms with Crippen LogP contribution >= 0.6 is 0 Å². The monoisotopic (exact) mass is 272 g/mol. The number of para-hydroxylation sites is 1. The van der Waals surface area contributed by atoms with Crippen molar-refractivity contribution in [1.29, 1.82) is 0 Å². The highest BCUT2D eigenvalue weighted by atomic mass is 16.5. The molecule has 6 heteroatoms. The van der Waals surface area contributed by atoms with Crippen LogP contribution in [0.25, 0.3) is 0 Å². The van der Waals surface area contributed by atoms with Gasteiger partial charge in [0.1, 0.15) is 11.5 Å². The second-order valence-electron chi connectivity index (χ2n) is 3.88. The fourth-order valence-electron chi connectivity index (χ4n) is 1.78. The number of aromatic carboxylic acids is 1. The van der Waals surface area contributed by atoms with Crippen LogP contribution < -0.4 is 4.74 Å². The lowest BCUT2D eigenvalue weighted by molar-refractivity contribution is 0.0696. The molecule has 2 N–H and O–H groups in total. The number of methoxy groups -OCH3 is 1. The predicted octanol–water partition coefficient (Wildman–Crippen LogP) is 2.01. The van der Waals surface area contributed by atoms with Crippen LogP contribution in [-0.4, -0.2) is 34.1 Å². The van der Waals surface area contributed by atoms with Crippen molar-refractivity contribution >= 4 is 11.7 Å². The largest absolute Gasteiger partial charge is 0.496 e. The zero-order chi connectivity index (χ0) is 14.5. The van der Waals surface area contributed by atoms with Gasteiger partial charge in [-0.1, -0.05) is 17.3 Å². The van der Waals surface area contributed by atoms with Gasteiger partial charge in [-0.15, -0.1) is 0 Å². The Morgan fingerprint density at radius 3 is 2.70 bits per heavy atom. The van der Waals surface area contributed by atoms with Gasteiger partial charge in [0.25, 0.3) is 0 Å². The fourth-order valence-corrected chi connectivity index (χ4v) is 1.78. The number of carboxylic acid groups (broad SMARTS) is 1. The summed E-state index contributed by atoms with van der Waals surface area (Å²) < 4.78 is 5.19. The van der Waals surface area contributed by atoms with Crippen LogP contribution in [-0.2, 0) is 0 Å². The SMILES string of the molecule is COc1ccccc1/C(=N\O)c1cc(C(=O)O)ccn1. The van der Waals surface area contributed by atoms with Crippen LogP contribution in [0.15, 0.2) is 47.8 Å². The third-order valence-electron chi connectivity index (χ3n) is 2.71. The summed E-state index contributed by atoms with van der Waals surface area (Å²) in [7, 11) is 1.49. The average Bonchev–Trinajstić information content (AvgIpc) is 2.49. The Labute approximate surface area is 115 Å². The number of carboxylic acids is 1. The number of rotatable bonds is 4. The summed E-state index contributed by atoms with van der Waals surface area (Å²) in [5.41, 5.74) is 0.973. The first-order valence-electron chi connectivity index (χ1n) is 5.72. The second-order valence-corrected chi connectivity index (χ2v) is 3.88. The van der Waals surface area contributed by atoms with Crippen LogP contribution in [0.2, 0.25) is 0 Å². The molecule has 0 atom stereocenters. The molecule has 2 rings (SSSR count). The highest BCUT2D eigenvalue weighted by Gasteiger charge is 2.15. The Kier molecular flexibility index (Phi) is 3.95. The van der Waals surface area contributed by atoms with E-state index in [9.17, 15) is 10.0 Å². The minimum Gasteiger partial charge on any atom is -0.496 e. The predicted molar refractivity (Wildman–Crippen MR) is 71.6 cm³/mol. The molecule has 0 aliphatic rings. The standard InChI is InChI=1S/C14H12N2O4/c1-20-12-5-3-2-4-10(12)13(16-19)11-8-9(14(17)18)6-7-15-11/h2-8,19H,1H3,(H,17,18)/b16-13+. The number of aromatic nitrogens is 1. The number of ether oxygens (including phenoxy) is 1. The first-order valence-corrected chi connectivity index (χ1v) is 5.72. The number of hydrogen-bond donors (Lipinski definition) is 2. The van der Waals surface area contributed by atoms with E-state index in [-0.39, 0.29) is 17.0 Å². The average molecular weight is 272 g/mol.